The maximum Gasteiger partial charge on any atom is 0.0233 e. The van der Waals surface area contributed by atoms with Crippen LogP contribution in [-0.4, -0.2) is 24.5 Å². The SMILES string of the molecule is CC1CCN(Cc2ccccc2)CC(CN)C1. The van der Waals surface area contributed by atoms with Gasteiger partial charge in [0.15, 0.2) is 0 Å². The third-order valence-electron chi connectivity index (χ3n) is 3.77. The van der Waals surface area contributed by atoms with E-state index in [0.717, 1.165) is 25.6 Å². The zero-order valence-corrected chi connectivity index (χ0v) is 10.8. The van der Waals surface area contributed by atoms with E-state index in [1.807, 2.05) is 0 Å². The Bertz CT molecular complexity index is 323. The largest absolute Gasteiger partial charge is 0.330 e. The van der Waals surface area contributed by atoms with Crippen molar-refractivity contribution in [3.8, 4) is 0 Å². The van der Waals surface area contributed by atoms with Gasteiger partial charge in [-0.2, -0.15) is 0 Å². The highest BCUT2D eigenvalue weighted by atomic mass is 15.1. The van der Waals surface area contributed by atoms with Crippen molar-refractivity contribution in [2.24, 2.45) is 17.6 Å². The van der Waals surface area contributed by atoms with Crippen LogP contribution in [0.2, 0.25) is 0 Å². The lowest BCUT2D eigenvalue weighted by Gasteiger charge is -2.23. The predicted octanol–water partition coefficient (Wildman–Crippen LogP) is 2.49. The van der Waals surface area contributed by atoms with E-state index in [0.29, 0.717) is 5.92 Å². The minimum atomic E-state index is 0.677. The highest BCUT2D eigenvalue weighted by molar-refractivity contribution is 5.14. The van der Waals surface area contributed by atoms with Crippen LogP contribution in [0.25, 0.3) is 0 Å². The molecule has 2 unspecified atom stereocenters. The van der Waals surface area contributed by atoms with Crippen molar-refractivity contribution in [1.29, 1.82) is 0 Å². The van der Waals surface area contributed by atoms with E-state index in [1.165, 1.54) is 24.9 Å². The van der Waals surface area contributed by atoms with Gasteiger partial charge in [-0.05, 0) is 43.3 Å². The quantitative estimate of drug-likeness (QED) is 0.867. The van der Waals surface area contributed by atoms with Crippen LogP contribution in [0.5, 0.6) is 0 Å². The van der Waals surface area contributed by atoms with E-state index >= 15 is 0 Å². The molecule has 1 aliphatic heterocycles. The van der Waals surface area contributed by atoms with Crippen LogP contribution in [0.3, 0.4) is 0 Å². The van der Waals surface area contributed by atoms with Crippen molar-refractivity contribution in [2.45, 2.75) is 26.3 Å². The minimum Gasteiger partial charge on any atom is -0.330 e. The summed E-state index contributed by atoms with van der Waals surface area (Å²) in [5.41, 5.74) is 7.28. The molecule has 1 fully saturated rings. The molecular formula is C15H24N2. The number of nitrogens with two attached hydrogens (primary N) is 1. The molecule has 1 saturated heterocycles. The van der Waals surface area contributed by atoms with Gasteiger partial charge < -0.3 is 5.73 Å². The van der Waals surface area contributed by atoms with E-state index in [1.54, 1.807) is 0 Å². The summed E-state index contributed by atoms with van der Waals surface area (Å²) in [6.07, 6.45) is 2.60. The van der Waals surface area contributed by atoms with Gasteiger partial charge in [-0.1, -0.05) is 37.3 Å². The molecule has 2 N–H and O–H groups in total. The first-order valence-electron chi connectivity index (χ1n) is 6.74. The lowest BCUT2D eigenvalue weighted by Crippen LogP contribution is -2.31. The standard InChI is InChI=1S/C15H24N2/c1-13-7-8-17(12-15(9-13)10-16)11-14-5-3-2-4-6-14/h2-6,13,15H,7-12,16H2,1H3. The first-order valence-corrected chi connectivity index (χ1v) is 6.74. The fourth-order valence-electron chi connectivity index (χ4n) is 2.78. The van der Waals surface area contributed by atoms with Crippen LogP contribution in [-0.2, 0) is 6.54 Å². The highest BCUT2D eigenvalue weighted by Crippen LogP contribution is 2.22. The summed E-state index contributed by atoms with van der Waals surface area (Å²) >= 11 is 0. The maximum absolute atomic E-state index is 5.86. The molecule has 0 bridgehead atoms. The molecule has 17 heavy (non-hydrogen) atoms. The maximum atomic E-state index is 5.86. The summed E-state index contributed by atoms with van der Waals surface area (Å²) in [5, 5.41) is 0. The van der Waals surface area contributed by atoms with Crippen LogP contribution < -0.4 is 5.73 Å². The summed E-state index contributed by atoms with van der Waals surface area (Å²) in [5.74, 6) is 1.50. The van der Waals surface area contributed by atoms with Gasteiger partial charge >= 0.3 is 0 Å². The molecule has 0 aliphatic carbocycles. The second-order valence-electron chi connectivity index (χ2n) is 5.45. The van der Waals surface area contributed by atoms with Gasteiger partial charge in [-0.15, -0.1) is 0 Å². The van der Waals surface area contributed by atoms with Gasteiger partial charge in [-0.3, -0.25) is 4.90 Å². The Morgan fingerprint density at radius 3 is 2.76 bits per heavy atom. The third-order valence-corrected chi connectivity index (χ3v) is 3.77. The Labute approximate surface area is 105 Å². The number of hydrogen-bond acceptors (Lipinski definition) is 2. The molecular weight excluding hydrogens is 208 g/mol. The Kier molecular flexibility index (Phi) is 4.57. The molecule has 0 aromatic heterocycles. The van der Waals surface area contributed by atoms with E-state index in [9.17, 15) is 0 Å². The average Bonchev–Trinajstić information content (AvgIpc) is 2.53. The average molecular weight is 232 g/mol. The number of benzene rings is 1. The van der Waals surface area contributed by atoms with Crippen LogP contribution in [0.1, 0.15) is 25.3 Å². The van der Waals surface area contributed by atoms with Crippen molar-refractivity contribution in [1.82, 2.24) is 4.90 Å². The van der Waals surface area contributed by atoms with E-state index < -0.39 is 0 Å². The zero-order valence-electron chi connectivity index (χ0n) is 10.8. The molecule has 1 aromatic carbocycles. The summed E-state index contributed by atoms with van der Waals surface area (Å²) in [4.78, 5) is 2.57. The molecule has 1 aliphatic rings. The molecule has 0 radical (unpaired) electrons. The fourth-order valence-corrected chi connectivity index (χ4v) is 2.78. The van der Waals surface area contributed by atoms with Gasteiger partial charge in [0.2, 0.25) is 0 Å². The van der Waals surface area contributed by atoms with Crippen LogP contribution in [0.4, 0.5) is 0 Å². The van der Waals surface area contributed by atoms with E-state index in [-0.39, 0.29) is 0 Å². The number of likely N-dealkylation sites (tertiary alicyclic amines) is 1. The fraction of sp³-hybridized carbons (Fsp3) is 0.600. The molecule has 1 heterocycles. The molecule has 2 nitrogen and oxygen atoms in total. The van der Waals surface area contributed by atoms with Crippen molar-refractivity contribution in [3.05, 3.63) is 35.9 Å². The summed E-state index contributed by atoms with van der Waals surface area (Å²) < 4.78 is 0. The summed E-state index contributed by atoms with van der Waals surface area (Å²) in [6, 6.07) is 10.8. The Hall–Kier alpha value is -0.860. The van der Waals surface area contributed by atoms with Gasteiger partial charge in [0.25, 0.3) is 0 Å². The van der Waals surface area contributed by atoms with Crippen LogP contribution in [0.15, 0.2) is 30.3 Å². The van der Waals surface area contributed by atoms with E-state index in [4.69, 9.17) is 5.73 Å². The second-order valence-corrected chi connectivity index (χ2v) is 5.45. The monoisotopic (exact) mass is 232 g/mol. The zero-order chi connectivity index (χ0) is 12.1. The third kappa shape index (κ3) is 3.83. The molecule has 0 spiro atoms. The van der Waals surface area contributed by atoms with Crippen molar-refractivity contribution < 1.29 is 0 Å². The first kappa shape index (κ1) is 12.6. The summed E-state index contributed by atoms with van der Waals surface area (Å²) in [6.45, 7) is 6.64. The Morgan fingerprint density at radius 1 is 1.29 bits per heavy atom. The topological polar surface area (TPSA) is 29.3 Å². The second kappa shape index (κ2) is 6.18. The normalized spacial score (nSPS) is 26.7. The number of rotatable bonds is 3. The molecule has 2 atom stereocenters. The lowest BCUT2D eigenvalue weighted by molar-refractivity contribution is 0.243. The summed E-state index contributed by atoms with van der Waals surface area (Å²) in [7, 11) is 0. The number of hydrogen-bond donors (Lipinski definition) is 1. The first-order chi connectivity index (χ1) is 8.28. The van der Waals surface area contributed by atoms with Crippen LogP contribution in [0, 0.1) is 11.8 Å². The molecule has 2 heteroatoms. The molecule has 0 saturated carbocycles. The minimum absolute atomic E-state index is 0.677. The molecule has 0 amide bonds. The van der Waals surface area contributed by atoms with Gasteiger partial charge in [0.1, 0.15) is 0 Å². The molecule has 94 valence electrons. The predicted molar refractivity (Wildman–Crippen MR) is 72.7 cm³/mol. The lowest BCUT2D eigenvalue weighted by atomic mass is 9.95. The Balaban J connectivity index is 1.96. The van der Waals surface area contributed by atoms with Crippen molar-refractivity contribution in [2.75, 3.05) is 19.6 Å². The highest BCUT2D eigenvalue weighted by Gasteiger charge is 2.20. The molecule has 2 rings (SSSR count). The van der Waals surface area contributed by atoms with Crippen molar-refractivity contribution >= 4 is 0 Å². The van der Waals surface area contributed by atoms with E-state index in [2.05, 4.69) is 42.2 Å². The van der Waals surface area contributed by atoms with Gasteiger partial charge in [-0.25, -0.2) is 0 Å². The number of nitrogens with zero attached hydrogens (tertiary/aromatic N) is 1. The Morgan fingerprint density at radius 2 is 2.06 bits per heavy atom. The van der Waals surface area contributed by atoms with Gasteiger partial charge in [0, 0.05) is 13.1 Å². The smallest absolute Gasteiger partial charge is 0.0233 e. The van der Waals surface area contributed by atoms with Gasteiger partial charge in [0.05, 0.1) is 0 Å². The van der Waals surface area contributed by atoms with Crippen molar-refractivity contribution in [3.63, 3.8) is 0 Å². The molecule has 1 aromatic rings. The van der Waals surface area contributed by atoms with Crippen LogP contribution >= 0.6 is 0 Å².